The summed E-state index contributed by atoms with van der Waals surface area (Å²) in [5.41, 5.74) is 3.26. The van der Waals surface area contributed by atoms with Crippen molar-refractivity contribution in [3.63, 3.8) is 0 Å². The first-order valence-electron chi connectivity index (χ1n) is 11.4. The minimum absolute atomic E-state index is 0.122. The van der Waals surface area contributed by atoms with E-state index in [4.69, 9.17) is 0 Å². The number of hydrogen-bond acceptors (Lipinski definition) is 0. The highest BCUT2D eigenvalue weighted by Crippen LogP contribution is 2.22. The lowest BCUT2D eigenvalue weighted by atomic mass is 9.99. The van der Waals surface area contributed by atoms with E-state index >= 15 is 0 Å². The Hall–Kier alpha value is -3.58. The molecular formula is C30H24F4. The first-order chi connectivity index (χ1) is 16.4. The molecule has 0 aliphatic carbocycles. The van der Waals surface area contributed by atoms with E-state index in [1.54, 1.807) is 12.1 Å². The number of unbranched alkanes of at least 4 members (excludes halogenated alkanes) is 1. The SMILES string of the molecule is CCCCc1cc(F)c(CCc2ccc(C#Cc3ccc4c(F)c(F)ccc4c3)cc2)c(F)c1. The fourth-order valence-electron chi connectivity index (χ4n) is 3.93. The molecule has 0 aliphatic heterocycles. The van der Waals surface area contributed by atoms with Crippen molar-refractivity contribution >= 4 is 10.8 Å². The van der Waals surface area contributed by atoms with Gasteiger partial charge in [0.15, 0.2) is 11.6 Å². The maximum atomic E-state index is 14.4. The number of benzene rings is 4. The van der Waals surface area contributed by atoms with Crippen LogP contribution < -0.4 is 0 Å². The molecule has 0 aromatic heterocycles. The molecule has 0 bridgehead atoms. The number of fused-ring (bicyclic) bond motifs is 1. The first kappa shape index (κ1) is 23.6. The lowest BCUT2D eigenvalue weighted by Crippen LogP contribution is -2.01. The summed E-state index contributed by atoms with van der Waals surface area (Å²) >= 11 is 0. The van der Waals surface area contributed by atoms with Crippen molar-refractivity contribution in [1.82, 2.24) is 0 Å². The van der Waals surface area contributed by atoms with E-state index in [0.29, 0.717) is 29.4 Å². The van der Waals surface area contributed by atoms with Gasteiger partial charge in [-0.15, -0.1) is 0 Å². The van der Waals surface area contributed by atoms with E-state index in [2.05, 4.69) is 11.8 Å². The Balaban J connectivity index is 1.42. The molecule has 0 amide bonds. The number of aryl methyl sites for hydroxylation is 2. The van der Waals surface area contributed by atoms with E-state index in [1.165, 1.54) is 24.3 Å². The zero-order valence-corrected chi connectivity index (χ0v) is 18.9. The fourth-order valence-corrected chi connectivity index (χ4v) is 3.93. The van der Waals surface area contributed by atoms with Gasteiger partial charge in [0.1, 0.15) is 11.6 Å². The van der Waals surface area contributed by atoms with Crippen LogP contribution in [0.15, 0.2) is 66.7 Å². The molecule has 4 aromatic rings. The Morgan fingerprint density at radius 2 is 1.29 bits per heavy atom. The van der Waals surface area contributed by atoms with Gasteiger partial charge in [0.25, 0.3) is 0 Å². The van der Waals surface area contributed by atoms with Gasteiger partial charge in [-0.3, -0.25) is 0 Å². The summed E-state index contributed by atoms with van der Waals surface area (Å²) in [5.74, 6) is 3.39. The van der Waals surface area contributed by atoms with Crippen LogP contribution in [-0.4, -0.2) is 0 Å². The van der Waals surface area contributed by atoms with Crippen LogP contribution in [-0.2, 0) is 19.3 Å². The van der Waals surface area contributed by atoms with Crippen LogP contribution in [0.4, 0.5) is 17.6 Å². The molecule has 0 fully saturated rings. The molecule has 0 atom stereocenters. The second-order valence-electron chi connectivity index (χ2n) is 8.39. The molecule has 0 aliphatic rings. The average Bonchev–Trinajstić information content (AvgIpc) is 2.84. The van der Waals surface area contributed by atoms with Crippen LogP contribution in [0.25, 0.3) is 10.8 Å². The predicted octanol–water partition coefficient (Wildman–Crippen LogP) is 7.92. The van der Waals surface area contributed by atoms with Crippen LogP contribution in [0.5, 0.6) is 0 Å². The van der Waals surface area contributed by atoms with Gasteiger partial charge >= 0.3 is 0 Å². The molecule has 0 saturated heterocycles. The van der Waals surface area contributed by atoms with E-state index in [9.17, 15) is 17.6 Å². The topological polar surface area (TPSA) is 0 Å². The molecule has 0 nitrogen and oxygen atoms in total. The molecule has 4 aromatic carbocycles. The zero-order chi connectivity index (χ0) is 24.1. The summed E-state index contributed by atoms with van der Waals surface area (Å²) in [6, 6.07) is 17.9. The molecule has 0 heterocycles. The highest BCUT2D eigenvalue weighted by molar-refractivity contribution is 5.84. The van der Waals surface area contributed by atoms with Gasteiger partial charge in [0.05, 0.1) is 0 Å². The second-order valence-corrected chi connectivity index (χ2v) is 8.39. The smallest absolute Gasteiger partial charge is 0.166 e. The van der Waals surface area contributed by atoms with Gasteiger partial charge in [-0.05, 0) is 84.7 Å². The number of halogens is 4. The molecule has 4 heteroatoms. The van der Waals surface area contributed by atoms with Gasteiger partial charge in [0.2, 0.25) is 0 Å². The summed E-state index contributed by atoms with van der Waals surface area (Å²) in [6.45, 7) is 2.05. The minimum atomic E-state index is -0.874. The Bertz CT molecular complexity index is 1350. The van der Waals surface area contributed by atoms with Gasteiger partial charge in [0, 0.05) is 22.1 Å². The maximum Gasteiger partial charge on any atom is 0.166 e. The summed E-state index contributed by atoms with van der Waals surface area (Å²) < 4.78 is 56.0. The minimum Gasteiger partial charge on any atom is -0.207 e. The molecule has 0 radical (unpaired) electrons. The Morgan fingerprint density at radius 1 is 0.618 bits per heavy atom. The van der Waals surface area contributed by atoms with E-state index in [0.717, 1.165) is 30.0 Å². The summed E-state index contributed by atoms with van der Waals surface area (Å²) in [4.78, 5) is 0. The van der Waals surface area contributed by atoms with Gasteiger partial charge < -0.3 is 0 Å². The molecule has 172 valence electrons. The van der Waals surface area contributed by atoms with E-state index < -0.39 is 23.3 Å². The van der Waals surface area contributed by atoms with Crippen molar-refractivity contribution < 1.29 is 17.6 Å². The summed E-state index contributed by atoms with van der Waals surface area (Å²) in [7, 11) is 0. The molecule has 0 N–H and O–H groups in total. The molecule has 34 heavy (non-hydrogen) atoms. The third-order valence-corrected chi connectivity index (χ3v) is 5.90. The van der Waals surface area contributed by atoms with Crippen LogP contribution in [0.2, 0.25) is 0 Å². The standard InChI is InChI=1S/C30H24F4/c1-2-3-4-23-18-28(32)26(29(33)19-23)15-11-21-7-5-20(6-8-21)9-10-22-12-14-25-24(17-22)13-16-27(31)30(25)34/h5-8,12-14,16-19H,2-4,11,15H2,1H3. The van der Waals surface area contributed by atoms with Crippen molar-refractivity contribution in [2.45, 2.75) is 39.0 Å². The van der Waals surface area contributed by atoms with Gasteiger partial charge in [-0.2, -0.15) is 0 Å². The lowest BCUT2D eigenvalue weighted by Gasteiger charge is -2.08. The largest absolute Gasteiger partial charge is 0.207 e. The van der Waals surface area contributed by atoms with Crippen LogP contribution in [0, 0.1) is 35.1 Å². The predicted molar refractivity (Wildman–Crippen MR) is 129 cm³/mol. The van der Waals surface area contributed by atoms with E-state index in [-0.39, 0.29) is 17.4 Å². The summed E-state index contributed by atoms with van der Waals surface area (Å²) in [5, 5.41) is 0.803. The van der Waals surface area contributed by atoms with Crippen molar-refractivity contribution in [3.8, 4) is 11.8 Å². The first-order valence-corrected chi connectivity index (χ1v) is 11.4. The molecule has 0 saturated carbocycles. The van der Waals surface area contributed by atoms with Crippen molar-refractivity contribution in [2.24, 2.45) is 0 Å². The number of hydrogen-bond donors (Lipinski definition) is 0. The maximum absolute atomic E-state index is 14.4. The summed E-state index contributed by atoms with van der Waals surface area (Å²) in [6.07, 6.45) is 3.37. The van der Waals surface area contributed by atoms with Gasteiger partial charge in [-0.25, -0.2) is 17.6 Å². The number of rotatable bonds is 6. The second kappa shape index (κ2) is 10.6. The van der Waals surface area contributed by atoms with Crippen LogP contribution in [0.3, 0.4) is 0 Å². The van der Waals surface area contributed by atoms with Crippen LogP contribution >= 0.6 is 0 Å². The monoisotopic (exact) mass is 460 g/mol. The highest BCUT2D eigenvalue weighted by atomic mass is 19.2. The Labute approximate surface area is 197 Å². The molecular weight excluding hydrogens is 436 g/mol. The quantitative estimate of drug-likeness (QED) is 0.202. The van der Waals surface area contributed by atoms with Crippen LogP contribution in [0.1, 0.15) is 47.6 Å². The highest BCUT2D eigenvalue weighted by Gasteiger charge is 2.11. The molecule has 4 rings (SSSR count). The van der Waals surface area contributed by atoms with Crippen molar-refractivity contribution in [1.29, 1.82) is 0 Å². The third-order valence-electron chi connectivity index (χ3n) is 5.90. The van der Waals surface area contributed by atoms with Crippen molar-refractivity contribution in [3.05, 3.63) is 118 Å². The third kappa shape index (κ3) is 5.48. The van der Waals surface area contributed by atoms with Gasteiger partial charge in [-0.1, -0.05) is 49.5 Å². The average molecular weight is 461 g/mol. The van der Waals surface area contributed by atoms with Crippen molar-refractivity contribution in [2.75, 3.05) is 0 Å². The fraction of sp³-hybridized carbons (Fsp3) is 0.200. The Morgan fingerprint density at radius 3 is 2.00 bits per heavy atom. The Kier molecular flexibility index (Phi) is 7.33. The lowest BCUT2D eigenvalue weighted by molar-refractivity contribution is 0.517. The van der Waals surface area contributed by atoms with E-state index in [1.807, 2.05) is 31.2 Å². The molecule has 0 spiro atoms. The normalized spacial score (nSPS) is 10.9. The molecule has 0 unspecified atom stereocenters. The zero-order valence-electron chi connectivity index (χ0n) is 18.9.